The standard InChI is InChI=1S/C13H19ClN2O3/c1-16(7-8-19-2)6-5-15-12-9-10(14)3-4-11(12)13(17)18/h3-4,9,15H,5-8H2,1-2H3,(H,17,18). The molecule has 6 heteroatoms. The van der Waals surface area contributed by atoms with Crippen LogP contribution in [0.4, 0.5) is 5.69 Å². The van der Waals surface area contributed by atoms with Crippen molar-refractivity contribution in [2.75, 3.05) is 45.7 Å². The topological polar surface area (TPSA) is 61.8 Å². The van der Waals surface area contributed by atoms with Crippen molar-refractivity contribution in [3.05, 3.63) is 28.8 Å². The first-order valence-corrected chi connectivity index (χ1v) is 6.36. The summed E-state index contributed by atoms with van der Waals surface area (Å²) >= 11 is 5.87. The van der Waals surface area contributed by atoms with E-state index in [1.54, 1.807) is 19.2 Å². The summed E-state index contributed by atoms with van der Waals surface area (Å²) in [6.07, 6.45) is 0. The van der Waals surface area contributed by atoms with Gasteiger partial charge in [-0.1, -0.05) is 11.6 Å². The molecule has 0 aromatic heterocycles. The summed E-state index contributed by atoms with van der Waals surface area (Å²) in [6.45, 7) is 2.93. The molecule has 0 amide bonds. The minimum absolute atomic E-state index is 0.226. The molecule has 1 aromatic carbocycles. The summed E-state index contributed by atoms with van der Waals surface area (Å²) in [7, 11) is 3.65. The zero-order valence-electron chi connectivity index (χ0n) is 11.1. The number of carbonyl (C=O) groups is 1. The lowest BCUT2D eigenvalue weighted by atomic mass is 10.2. The number of hydrogen-bond acceptors (Lipinski definition) is 4. The molecule has 0 bridgehead atoms. The maximum absolute atomic E-state index is 11.1. The van der Waals surface area contributed by atoms with Crippen LogP contribution in [0.3, 0.4) is 0 Å². The van der Waals surface area contributed by atoms with E-state index < -0.39 is 5.97 Å². The molecule has 0 saturated heterocycles. The number of likely N-dealkylation sites (N-methyl/N-ethyl adjacent to an activating group) is 1. The SMILES string of the molecule is COCCN(C)CCNc1cc(Cl)ccc1C(=O)O. The third-order valence-corrected chi connectivity index (χ3v) is 2.93. The van der Waals surface area contributed by atoms with Crippen molar-refractivity contribution in [3.63, 3.8) is 0 Å². The van der Waals surface area contributed by atoms with Crippen molar-refractivity contribution >= 4 is 23.3 Å². The number of carboxylic acid groups (broad SMARTS) is 1. The zero-order chi connectivity index (χ0) is 14.3. The normalized spacial score (nSPS) is 10.7. The monoisotopic (exact) mass is 286 g/mol. The first-order chi connectivity index (χ1) is 9.04. The van der Waals surface area contributed by atoms with Gasteiger partial charge in [0.1, 0.15) is 0 Å². The van der Waals surface area contributed by atoms with Crippen molar-refractivity contribution in [1.82, 2.24) is 4.90 Å². The van der Waals surface area contributed by atoms with Crippen molar-refractivity contribution in [3.8, 4) is 0 Å². The first-order valence-electron chi connectivity index (χ1n) is 5.98. The molecule has 0 atom stereocenters. The second-order valence-electron chi connectivity index (χ2n) is 4.22. The predicted octanol–water partition coefficient (Wildman–Crippen LogP) is 2.03. The van der Waals surface area contributed by atoms with Gasteiger partial charge < -0.3 is 20.1 Å². The molecule has 5 nitrogen and oxygen atoms in total. The molecule has 0 fully saturated rings. The Balaban J connectivity index is 2.52. The number of nitrogens with one attached hydrogen (secondary N) is 1. The first kappa shape index (κ1) is 15.8. The zero-order valence-corrected chi connectivity index (χ0v) is 11.9. The molecule has 0 spiro atoms. The van der Waals surface area contributed by atoms with E-state index in [-0.39, 0.29) is 5.56 Å². The van der Waals surface area contributed by atoms with Crippen LogP contribution in [0.2, 0.25) is 5.02 Å². The number of aromatic carboxylic acids is 1. The number of benzene rings is 1. The van der Waals surface area contributed by atoms with Crippen LogP contribution in [0.25, 0.3) is 0 Å². The van der Waals surface area contributed by atoms with Crippen LogP contribution in [-0.2, 0) is 4.74 Å². The van der Waals surface area contributed by atoms with Crippen LogP contribution in [0.1, 0.15) is 10.4 Å². The van der Waals surface area contributed by atoms with E-state index in [1.165, 1.54) is 6.07 Å². The largest absolute Gasteiger partial charge is 0.478 e. The van der Waals surface area contributed by atoms with E-state index in [9.17, 15) is 4.79 Å². The minimum Gasteiger partial charge on any atom is -0.478 e. The number of halogens is 1. The number of rotatable bonds is 8. The van der Waals surface area contributed by atoms with Crippen LogP contribution >= 0.6 is 11.6 Å². The van der Waals surface area contributed by atoms with Gasteiger partial charge >= 0.3 is 5.97 Å². The van der Waals surface area contributed by atoms with Gasteiger partial charge in [-0.05, 0) is 25.2 Å². The molecule has 0 saturated carbocycles. The maximum Gasteiger partial charge on any atom is 0.337 e. The lowest BCUT2D eigenvalue weighted by Gasteiger charge is -2.17. The molecular formula is C13H19ClN2O3. The highest BCUT2D eigenvalue weighted by atomic mass is 35.5. The number of methoxy groups -OCH3 is 1. The Morgan fingerprint density at radius 3 is 2.84 bits per heavy atom. The molecule has 0 heterocycles. The Bertz CT molecular complexity index is 426. The van der Waals surface area contributed by atoms with Crippen LogP contribution in [0.15, 0.2) is 18.2 Å². The highest BCUT2D eigenvalue weighted by Gasteiger charge is 2.10. The fraction of sp³-hybridized carbons (Fsp3) is 0.462. The molecule has 2 N–H and O–H groups in total. The van der Waals surface area contributed by atoms with E-state index in [0.29, 0.717) is 23.9 Å². The second kappa shape index (κ2) is 7.99. The quantitative estimate of drug-likeness (QED) is 0.766. The highest BCUT2D eigenvalue weighted by Crippen LogP contribution is 2.20. The Morgan fingerprint density at radius 2 is 2.21 bits per heavy atom. The van der Waals surface area contributed by atoms with Crippen molar-refractivity contribution < 1.29 is 14.6 Å². The fourth-order valence-electron chi connectivity index (χ4n) is 1.59. The maximum atomic E-state index is 11.1. The van der Waals surface area contributed by atoms with Crippen LogP contribution in [-0.4, -0.2) is 56.4 Å². The Morgan fingerprint density at radius 1 is 1.47 bits per heavy atom. The molecule has 19 heavy (non-hydrogen) atoms. The van der Waals surface area contributed by atoms with Gasteiger partial charge in [0.05, 0.1) is 17.9 Å². The summed E-state index contributed by atoms with van der Waals surface area (Å²) in [5, 5.41) is 12.7. The molecule has 0 unspecified atom stereocenters. The van der Waals surface area contributed by atoms with Gasteiger partial charge in [-0.25, -0.2) is 4.79 Å². The molecule has 1 aromatic rings. The predicted molar refractivity (Wildman–Crippen MR) is 76.3 cm³/mol. The summed E-state index contributed by atoms with van der Waals surface area (Å²) in [6, 6.07) is 4.70. The van der Waals surface area contributed by atoms with E-state index in [4.69, 9.17) is 21.4 Å². The Kier molecular flexibility index (Phi) is 6.62. The number of nitrogens with zero attached hydrogens (tertiary/aromatic N) is 1. The van der Waals surface area contributed by atoms with E-state index in [1.807, 2.05) is 7.05 Å². The minimum atomic E-state index is -0.966. The van der Waals surface area contributed by atoms with Gasteiger partial charge in [-0.2, -0.15) is 0 Å². The molecule has 0 aliphatic carbocycles. The van der Waals surface area contributed by atoms with Gasteiger partial charge in [0, 0.05) is 31.8 Å². The summed E-state index contributed by atoms with van der Waals surface area (Å²) < 4.78 is 4.99. The number of ether oxygens (including phenoxy) is 1. The molecule has 106 valence electrons. The highest BCUT2D eigenvalue weighted by molar-refractivity contribution is 6.31. The Labute approximate surface area is 118 Å². The second-order valence-corrected chi connectivity index (χ2v) is 4.65. The van der Waals surface area contributed by atoms with Crippen molar-refractivity contribution in [1.29, 1.82) is 0 Å². The van der Waals surface area contributed by atoms with Crippen LogP contribution in [0, 0.1) is 0 Å². The third-order valence-electron chi connectivity index (χ3n) is 2.70. The van der Waals surface area contributed by atoms with Gasteiger partial charge in [0.25, 0.3) is 0 Å². The van der Waals surface area contributed by atoms with E-state index in [2.05, 4.69) is 10.2 Å². The van der Waals surface area contributed by atoms with Crippen molar-refractivity contribution in [2.24, 2.45) is 0 Å². The molecule has 1 rings (SSSR count). The average molecular weight is 287 g/mol. The van der Waals surface area contributed by atoms with E-state index in [0.717, 1.165) is 13.1 Å². The third kappa shape index (κ3) is 5.46. The van der Waals surface area contributed by atoms with Gasteiger partial charge in [-0.15, -0.1) is 0 Å². The molecular weight excluding hydrogens is 268 g/mol. The molecule has 0 radical (unpaired) electrons. The number of anilines is 1. The number of carboxylic acids is 1. The van der Waals surface area contributed by atoms with E-state index >= 15 is 0 Å². The Hall–Kier alpha value is -1.30. The van der Waals surface area contributed by atoms with Gasteiger partial charge in [-0.3, -0.25) is 0 Å². The van der Waals surface area contributed by atoms with Crippen LogP contribution < -0.4 is 5.32 Å². The molecule has 0 aliphatic heterocycles. The smallest absolute Gasteiger partial charge is 0.337 e. The summed E-state index contributed by atoms with van der Waals surface area (Å²) in [5.74, 6) is -0.966. The summed E-state index contributed by atoms with van der Waals surface area (Å²) in [4.78, 5) is 13.2. The lowest BCUT2D eigenvalue weighted by molar-refractivity contribution is 0.0698. The van der Waals surface area contributed by atoms with Gasteiger partial charge in [0.15, 0.2) is 0 Å². The number of hydrogen-bond donors (Lipinski definition) is 2. The summed E-state index contributed by atoms with van der Waals surface area (Å²) in [5.41, 5.74) is 0.768. The lowest BCUT2D eigenvalue weighted by Crippen LogP contribution is -2.28. The van der Waals surface area contributed by atoms with Gasteiger partial charge in [0.2, 0.25) is 0 Å². The molecule has 0 aliphatic rings. The van der Waals surface area contributed by atoms with Crippen LogP contribution in [0.5, 0.6) is 0 Å². The van der Waals surface area contributed by atoms with Crippen molar-refractivity contribution in [2.45, 2.75) is 0 Å². The average Bonchev–Trinajstić information content (AvgIpc) is 2.36. The fourth-order valence-corrected chi connectivity index (χ4v) is 1.76.